The van der Waals surface area contributed by atoms with Crippen molar-refractivity contribution in [3.05, 3.63) is 34.4 Å². The molecule has 3 unspecified atom stereocenters. The van der Waals surface area contributed by atoms with Crippen molar-refractivity contribution >= 4 is 0 Å². The molecule has 3 atom stereocenters. The standard InChI is InChI=1S/C17H28N2/c1-11-8-13(3)17(14(4)9-11)15(5)19-7-6-12(2)16(18)10-19/h8-9,12,15-16H,6-7,10,18H2,1-5H3. The average Bonchev–Trinajstić information content (AvgIpc) is 2.31. The molecule has 0 spiro atoms. The van der Waals surface area contributed by atoms with E-state index in [0.717, 1.165) is 6.54 Å². The highest BCUT2D eigenvalue weighted by atomic mass is 15.2. The molecule has 1 aliphatic rings. The topological polar surface area (TPSA) is 29.3 Å². The maximum atomic E-state index is 6.24. The minimum atomic E-state index is 0.322. The molecule has 1 aromatic carbocycles. The Morgan fingerprint density at radius 2 is 1.79 bits per heavy atom. The van der Waals surface area contributed by atoms with Gasteiger partial charge in [-0.05, 0) is 63.3 Å². The average molecular weight is 260 g/mol. The van der Waals surface area contributed by atoms with Crippen molar-refractivity contribution in [3.63, 3.8) is 0 Å². The van der Waals surface area contributed by atoms with Crippen molar-refractivity contribution < 1.29 is 0 Å². The van der Waals surface area contributed by atoms with Gasteiger partial charge < -0.3 is 5.73 Å². The van der Waals surface area contributed by atoms with Crippen molar-refractivity contribution in [3.8, 4) is 0 Å². The number of rotatable bonds is 2. The largest absolute Gasteiger partial charge is 0.326 e. The molecule has 0 aromatic heterocycles. The van der Waals surface area contributed by atoms with Crippen molar-refractivity contribution in [2.45, 2.75) is 53.1 Å². The Morgan fingerprint density at radius 3 is 2.32 bits per heavy atom. The van der Waals surface area contributed by atoms with Crippen LogP contribution in [0.25, 0.3) is 0 Å². The van der Waals surface area contributed by atoms with Gasteiger partial charge in [-0.25, -0.2) is 0 Å². The van der Waals surface area contributed by atoms with E-state index >= 15 is 0 Å². The number of aryl methyl sites for hydroxylation is 3. The van der Waals surface area contributed by atoms with Crippen LogP contribution in [0.15, 0.2) is 12.1 Å². The van der Waals surface area contributed by atoms with Gasteiger partial charge in [-0.2, -0.15) is 0 Å². The van der Waals surface area contributed by atoms with Crippen LogP contribution < -0.4 is 5.73 Å². The van der Waals surface area contributed by atoms with Crippen LogP contribution in [0.5, 0.6) is 0 Å². The van der Waals surface area contributed by atoms with Gasteiger partial charge in [-0.1, -0.05) is 24.6 Å². The fourth-order valence-corrected chi connectivity index (χ4v) is 3.51. The van der Waals surface area contributed by atoms with Crippen molar-refractivity contribution in [1.82, 2.24) is 4.90 Å². The highest BCUT2D eigenvalue weighted by molar-refractivity contribution is 5.39. The monoisotopic (exact) mass is 260 g/mol. The van der Waals surface area contributed by atoms with Crippen molar-refractivity contribution in [2.75, 3.05) is 13.1 Å². The van der Waals surface area contributed by atoms with Gasteiger partial charge in [-0.15, -0.1) is 0 Å². The third-order valence-corrected chi connectivity index (χ3v) is 4.75. The number of hydrogen-bond donors (Lipinski definition) is 1. The molecule has 0 bridgehead atoms. The van der Waals surface area contributed by atoms with E-state index in [0.29, 0.717) is 18.0 Å². The van der Waals surface area contributed by atoms with Gasteiger partial charge in [0.25, 0.3) is 0 Å². The van der Waals surface area contributed by atoms with Gasteiger partial charge in [0.2, 0.25) is 0 Å². The van der Waals surface area contributed by atoms with E-state index in [1.165, 1.54) is 35.2 Å². The number of nitrogens with two attached hydrogens (primary N) is 1. The van der Waals surface area contributed by atoms with E-state index in [9.17, 15) is 0 Å². The maximum Gasteiger partial charge on any atom is 0.0325 e. The predicted octanol–water partition coefficient (Wildman–Crippen LogP) is 3.34. The van der Waals surface area contributed by atoms with E-state index in [-0.39, 0.29) is 0 Å². The zero-order valence-electron chi connectivity index (χ0n) is 13.0. The van der Waals surface area contributed by atoms with Crippen LogP contribution in [0.2, 0.25) is 0 Å². The second kappa shape index (κ2) is 5.64. The van der Waals surface area contributed by atoms with Gasteiger partial charge in [-0.3, -0.25) is 4.90 Å². The molecule has 1 fully saturated rings. The summed E-state index contributed by atoms with van der Waals surface area (Å²) in [6.07, 6.45) is 1.22. The Morgan fingerprint density at radius 1 is 1.21 bits per heavy atom. The van der Waals surface area contributed by atoms with Crippen LogP contribution in [0, 0.1) is 26.7 Å². The van der Waals surface area contributed by atoms with E-state index in [4.69, 9.17) is 5.73 Å². The smallest absolute Gasteiger partial charge is 0.0325 e. The summed E-state index contributed by atoms with van der Waals surface area (Å²) in [5.41, 5.74) is 11.9. The highest BCUT2D eigenvalue weighted by Gasteiger charge is 2.27. The maximum absolute atomic E-state index is 6.24. The first-order valence-corrected chi connectivity index (χ1v) is 7.47. The third kappa shape index (κ3) is 3.01. The molecule has 1 aliphatic heterocycles. The summed E-state index contributed by atoms with van der Waals surface area (Å²) in [7, 11) is 0. The first-order chi connectivity index (χ1) is 8.90. The lowest BCUT2D eigenvalue weighted by atomic mass is 9.89. The van der Waals surface area contributed by atoms with E-state index in [1.807, 2.05) is 0 Å². The molecule has 19 heavy (non-hydrogen) atoms. The fourth-order valence-electron chi connectivity index (χ4n) is 3.51. The van der Waals surface area contributed by atoms with Crippen LogP contribution in [-0.2, 0) is 0 Å². The van der Waals surface area contributed by atoms with Crippen molar-refractivity contribution in [2.24, 2.45) is 11.7 Å². The van der Waals surface area contributed by atoms with E-state index in [2.05, 4.69) is 51.7 Å². The number of nitrogens with zero attached hydrogens (tertiary/aromatic N) is 1. The van der Waals surface area contributed by atoms with Crippen LogP contribution in [0.4, 0.5) is 0 Å². The summed E-state index contributed by atoms with van der Waals surface area (Å²) < 4.78 is 0. The SMILES string of the molecule is Cc1cc(C)c(C(C)N2CCC(C)C(N)C2)c(C)c1. The normalized spacial score (nSPS) is 26.4. The van der Waals surface area contributed by atoms with E-state index in [1.54, 1.807) is 0 Å². The zero-order valence-corrected chi connectivity index (χ0v) is 13.0. The second-order valence-electron chi connectivity index (χ2n) is 6.41. The molecular formula is C17H28N2. The lowest BCUT2D eigenvalue weighted by Crippen LogP contribution is -2.48. The molecule has 0 radical (unpaired) electrons. The van der Waals surface area contributed by atoms with Gasteiger partial charge in [0.05, 0.1) is 0 Å². The molecule has 2 nitrogen and oxygen atoms in total. The summed E-state index contributed by atoms with van der Waals surface area (Å²) in [4.78, 5) is 2.55. The Labute approximate surface area is 118 Å². The van der Waals surface area contributed by atoms with Crippen LogP contribution >= 0.6 is 0 Å². The predicted molar refractivity (Wildman–Crippen MR) is 82.4 cm³/mol. The quantitative estimate of drug-likeness (QED) is 0.883. The molecule has 2 heteroatoms. The molecule has 0 aliphatic carbocycles. The molecule has 1 heterocycles. The Hall–Kier alpha value is -0.860. The first-order valence-electron chi connectivity index (χ1n) is 7.47. The van der Waals surface area contributed by atoms with Crippen LogP contribution in [-0.4, -0.2) is 24.0 Å². The summed E-state index contributed by atoms with van der Waals surface area (Å²) in [5, 5.41) is 0. The Balaban J connectivity index is 2.23. The number of benzene rings is 1. The number of piperidine rings is 1. The minimum absolute atomic E-state index is 0.322. The van der Waals surface area contributed by atoms with Gasteiger partial charge in [0.1, 0.15) is 0 Å². The molecular weight excluding hydrogens is 232 g/mol. The van der Waals surface area contributed by atoms with Crippen molar-refractivity contribution in [1.29, 1.82) is 0 Å². The Kier molecular flexibility index (Phi) is 4.32. The van der Waals surface area contributed by atoms with E-state index < -0.39 is 0 Å². The molecule has 2 N–H and O–H groups in total. The first kappa shape index (κ1) is 14.5. The molecule has 2 rings (SSSR count). The highest BCUT2D eigenvalue weighted by Crippen LogP contribution is 2.30. The van der Waals surface area contributed by atoms with Gasteiger partial charge >= 0.3 is 0 Å². The molecule has 0 amide bonds. The summed E-state index contributed by atoms with van der Waals surface area (Å²) >= 11 is 0. The molecule has 1 saturated heterocycles. The molecule has 106 valence electrons. The Bertz CT molecular complexity index is 430. The summed E-state index contributed by atoms with van der Waals surface area (Å²) in [6.45, 7) is 13.4. The number of likely N-dealkylation sites (tertiary alicyclic amines) is 1. The number of hydrogen-bond acceptors (Lipinski definition) is 2. The molecule has 0 saturated carbocycles. The fraction of sp³-hybridized carbons (Fsp3) is 0.647. The summed E-state index contributed by atoms with van der Waals surface area (Å²) in [6, 6.07) is 5.39. The van der Waals surface area contributed by atoms with Crippen LogP contribution in [0.1, 0.15) is 48.6 Å². The van der Waals surface area contributed by atoms with Gasteiger partial charge in [0, 0.05) is 18.6 Å². The third-order valence-electron chi connectivity index (χ3n) is 4.75. The minimum Gasteiger partial charge on any atom is -0.326 e. The van der Waals surface area contributed by atoms with Gasteiger partial charge in [0.15, 0.2) is 0 Å². The van der Waals surface area contributed by atoms with Crippen LogP contribution in [0.3, 0.4) is 0 Å². The lowest BCUT2D eigenvalue weighted by Gasteiger charge is -2.39. The second-order valence-corrected chi connectivity index (χ2v) is 6.41. The lowest BCUT2D eigenvalue weighted by molar-refractivity contribution is 0.128. The zero-order chi connectivity index (χ0) is 14.2. The summed E-state index contributed by atoms with van der Waals surface area (Å²) in [5.74, 6) is 0.656. The molecule has 1 aromatic rings.